The van der Waals surface area contributed by atoms with Crippen LogP contribution in [0.2, 0.25) is 0 Å². The molecule has 0 aliphatic carbocycles. The zero-order valence-electron chi connectivity index (χ0n) is 17.9. The first kappa shape index (κ1) is 21.2. The molecule has 0 aromatic heterocycles. The SMILES string of the molecule is COc1ccc(C(NC(=O)CN2CCCC2c2cccc(OC)c2)C(C)C)cc1. The Hall–Kier alpha value is -2.53. The molecule has 0 saturated carbocycles. The molecule has 2 aromatic rings. The fourth-order valence-electron chi connectivity index (χ4n) is 4.09. The summed E-state index contributed by atoms with van der Waals surface area (Å²) in [6.45, 7) is 5.60. The number of rotatable bonds is 8. The van der Waals surface area contributed by atoms with Crippen LogP contribution in [0.25, 0.3) is 0 Å². The van der Waals surface area contributed by atoms with Crippen LogP contribution in [0.15, 0.2) is 48.5 Å². The third-order valence-electron chi connectivity index (χ3n) is 5.65. The number of amides is 1. The van der Waals surface area contributed by atoms with E-state index in [1.807, 2.05) is 36.4 Å². The van der Waals surface area contributed by atoms with Gasteiger partial charge >= 0.3 is 0 Å². The van der Waals surface area contributed by atoms with Crippen LogP contribution in [0.3, 0.4) is 0 Å². The molecule has 0 bridgehead atoms. The fraction of sp³-hybridized carbons (Fsp3) is 0.458. The van der Waals surface area contributed by atoms with Crippen LogP contribution in [-0.4, -0.2) is 38.1 Å². The van der Waals surface area contributed by atoms with Gasteiger partial charge in [-0.25, -0.2) is 0 Å². The smallest absolute Gasteiger partial charge is 0.234 e. The van der Waals surface area contributed by atoms with Crippen LogP contribution < -0.4 is 14.8 Å². The highest BCUT2D eigenvalue weighted by atomic mass is 16.5. The van der Waals surface area contributed by atoms with Crippen LogP contribution in [0, 0.1) is 5.92 Å². The molecule has 0 radical (unpaired) electrons. The molecule has 2 unspecified atom stereocenters. The van der Waals surface area contributed by atoms with E-state index in [1.165, 1.54) is 5.56 Å². The Labute approximate surface area is 174 Å². The van der Waals surface area contributed by atoms with Crippen molar-refractivity contribution in [3.05, 3.63) is 59.7 Å². The number of carbonyl (C=O) groups is 1. The Morgan fingerprint density at radius 3 is 2.48 bits per heavy atom. The molecule has 2 aromatic carbocycles. The molecule has 1 amide bonds. The zero-order chi connectivity index (χ0) is 20.8. The van der Waals surface area contributed by atoms with Gasteiger partial charge in [-0.1, -0.05) is 38.1 Å². The zero-order valence-corrected chi connectivity index (χ0v) is 17.9. The van der Waals surface area contributed by atoms with Crippen molar-refractivity contribution in [1.29, 1.82) is 0 Å². The highest BCUT2D eigenvalue weighted by Crippen LogP contribution is 2.33. The van der Waals surface area contributed by atoms with Crippen molar-refractivity contribution >= 4 is 5.91 Å². The van der Waals surface area contributed by atoms with Gasteiger partial charge in [-0.2, -0.15) is 0 Å². The van der Waals surface area contributed by atoms with Crippen molar-refractivity contribution in [2.24, 2.45) is 5.92 Å². The average molecular weight is 397 g/mol. The predicted molar refractivity (Wildman–Crippen MR) is 115 cm³/mol. The molecule has 29 heavy (non-hydrogen) atoms. The largest absolute Gasteiger partial charge is 0.497 e. The van der Waals surface area contributed by atoms with Gasteiger partial charge in [0.15, 0.2) is 0 Å². The number of benzene rings is 2. The number of methoxy groups -OCH3 is 2. The number of likely N-dealkylation sites (tertiary alicyclic amines) is 1. The summed E-state index contributed by atoms with van der Waals surface area (Å²) in [5, 5.41) is 3.25. The maximum Gasteiger partial charge on any atom is 0.234 e. The maximum absolute atomic E-state index is 12.9. The van der Waals surface area contributed by atoms with E-state index in [-0.39, 0.29) is 18.0 Å². The first-order chi connectivity index (χ1) is 14.0. The summed E-state index contributed by atoms with van der Waals surface area (Å²) < 4.78 is 10.6. The number of nitrogens with zero attached hydrogens (tertiary/aromatic N) is 1. The fourth-order valence-corrected chi connectivity index (χ4v) is 4.09. The molecule has 5 heteroatoms. The van der Waals surface area contributed by atoms with Crippen LogP contribution in [0.4, 0.5) is 0 Å². The monoisotopic (exact) mass is 396 g/mol. The molecule has 1 saturated heterocycles. The molecule has 1 fully saturated rings. The third-order valence-corrected chi connectivity index (χ3v) is 5.65. The number of hydrogen-bond donors (Lipinski definition) is 1. The number of hydrogen-bond acceptors (Lipinski definition) is 4. The minimum Gasteiger partial charge on any atom is -0.497 e. The van der Waals surface area contributed by atoms with Gasteiger partial charge in [0.25, 0.3) is 0 Å². The normalized spacial score (nSPS) is 17.9. The summed E-state index contributed by atoms with van der Waals surface area (Å²) in [5.74, 6) is 2.04. The van der Waals surface area contributed by atoms with Gasteiger partial charge in [0.2, 0.25) is 5.91 Å². The summed E-state index contributed by atoms with van der Waals surface area (Å²) in [6.07, 6.45) is 2.16. The van der Waals surface area contributed by atoms with E-state index in [1.54, 1.807) is 14.2 Å². The topological polar surface area (TPSA) is 50.8 Å². The van der Waals surface area contributed by atoms with E-state index in [0.29, 0.717) is 12.5 Å². The Morgan fingerprint density at radius 1 is 1.10 bits per heavy atom. The van der Waals surface area contributed by atoms with Crippen molar-refractivity contribution in [2.45, 2.75) is 38.8 Å². The number of nitrogens with one attached hydrogen (secondary N) is 1. The lowest BCUT2D eigenvalue weighted by molar-refractivity contribution is -0.123. The lowest BCUT2D eigenvalue weighted by atomic mass is 9.96. The molecule has 1 aliphatic heterocycles. The average Bonchev–Trinajstić information content (AvgIpc) is 3.20. The highest BCUT2D eigenvalue weighted by Gasteiger charge is 2.29. The maximum atomic E-state index is 12.9. The standard InChI is InChI=1S/C24H32N2O3/c1-17(2)24(18-10-12-20(28-3)13-11-18)25-23(27)16-26-14-6-9-22(26)19-7-5-8-21(15-19)29-4/h5,7-8,10-13,15,17,22,24H,6,9,14,16H2,1-4H3,(H,25,27). The van der Waals surface area contributed by atoms with Gasteiger partial charge in [-0.3, -0.25) is 9.69 Å². The molecule has 1 heterocycles. The second-order valence-electron chi connectivity index (χ2n) is 7.97. The highest BCUT2D eigenvalue weighted by molar-refractivity contribution is 5.78. The second kappa shape index (κ2) is 9.79. The first-order valence-corrected chi connectivity index (χ1v) is 10.3. The molecular formula is C24H32N2O3. The van der Waals surface area contributed by atoms with E-state index in [0.717, 1.165) is 36.4 Å². The summed E-state index contributed by atoms with van der Waals surface area (Å²) in [7, 11) is 3.34. The van der Waals surface area contributed by atoms with Crippen molar-refractivity contribution < 1.29 is 14.3 Å². The lowest BCUT2D eigenvalue weighted by Crippen LogP contribution is -2.40. The third kappa shape index (κ3) is 5.30. The molecule has 156 valence electrons. The van der Waals surface area contributed by atoms with Crippen LogP contribution in [-0.2, 0) is 4.79 Å². The molecule has 0 spiro atoms. The quantitative estimate of drug-likeness (QED) is 0.721. The van der Waals surface area contributed by atoms with Crippen LogP contribution >= 0.6 is 0 Å². The Morgan fingerprint density at radius 2 is 1.83 bits per heavy atom. The van der Waals surface area contributed by atoms with Gasteiger partial charge in [0.05, 0.1) is 26.8 Å². The van der Waals surface area contributed by atoms with Gasteiger partial charge in [-0.15, -0.1) is 0 Å². The molecule has 2 atom stereocenters. The number of ether oxygens (including phenoxy) is 2. The predicted octanol–water partition coefficient (Wildman–Crippen LogP) is 4.35. The molecule has 1 aliphatic rings. The van der Waals surface area contributed by atoms with Gasteiger partial charge in [0, 0.05) is 6.04 Å². The Balaban J connectivity index is 1.67. The van der Waals surface area contributed by atoms with Crippen LogP contribution in [0.1, 0.15) is 49.9 Å². The lowest BCUT2D eigenvalue weighted by Gasteiger charge is -2.27. The molecule has 3 rings (SSSR count). The van der Waals surface area contributed by atoms with E-state index in [4.69, 9.17) is 9.47 Å². The van der Waals surface area contributed by atoms with E-state index in [9.17, 15) is 4.79 Å². The Kier molecular flexibility index (Phi) is 7.15. The molecular weight excluding hydrogens is 364 g/mol. The van der Waals surface area contributed by atoms with Crippen molar-refractivity contribution in [3.8, 4) is 11.5 Å². The summed E-state index contributed by atoms with van der Waals surface area (Å²) in [5.41, 5.74) is 2.31. The minimum absolute atomic E-state index is 0.0220. The van der Waals surface area contributed by atoms with Crippen LogP contribution in [0.5, 0.6) is 11.5 Å². The molecule has 1 N–H and O–H groups in total. The summed E-state index contributed by atoms with van der Waals surface area (Å²) in [6, 6.07) is 16.3. The van der Waals surface area contributed by atoms with Gasteiger partial charge in [-0.05, 0) is 60.7 Å². The van der Waals surface area contributed by atoms with Crippen molar-refractivity contribution in [2.75, 3.05) is 27.3 Å². The van der Waals surface area contributed by atoms with E-state index >= 15 is 0 Å². The van der Waals surface area contributed by atoms with Crippen molar-refractivity contribution in [1.82, 2.24) is 10.2 Å². The van der Waals surface area contributed by atoms with E-state index in [2.05, 4.69) is 36.2 Å². The summed E-state index contributed by atoms with van der Waals surface area (Å²) >= 11 is 0. The first-order valence-electron chi connectivity index (χ1n) is 10.3. The van der Waals surface area contributed by atoms with E-state index < -0.39 is 0 Å². The number of carbonyl (C=O) groups excluding carboxylic acids is 1. The Bertz CT molecular complexity index is 804. The second-order valence-corrected chi connectivity index (χ2v) is 7.97. The summed E-state index contributed by atoms with van der Waals surface area (Å²) in [4.78, 5) is 15.2. The molecule has 5 nitrogen and oxygen atoms in total. The van der Waals surface area contributed by atoms with Crippen molar-refractivity contribution in [3.63, 3.8) is 0 Å². The minimum atomic E-state index is -0.0220. The van der Waals surface area contributed by atoms with Gasteiger partial charge < -0.3 is 14.8 Å². The van der Waals surface area contributed by atoms with Gasteiger partial charge in [0.1, 0.15) is 11.5 Å².